The first-order chi connectivity index (χ1) is 14.6. The molecule has 1 aliphatic heterocycles. The molecular weight excluding hydrogens is 374 g/mol. The Labute approximate surface area is 176 Å². The average Bonchev–Trinajstić information content (AvgIpc) is 3.25. The van der Waals surface area contributed by atoms with Crippen molar-refractivity contribution < 1.29 is 4.79 Å². The highest BCUT2D eigenvalue weighted by molar-refractivity contribution is 5.92. The first-order valence-corrected chi connectivity index (χ1v) is 10.1. The topological polar surface area (TPSA) is 71.0 Å². The van der Waals surface area contributed by atoms with E-state index >= 15 is 0 Å². The van der Waals surface area contributed by atoms with Crippen LogP contribution in [0.2, 0.25) is 0 Å². The fourth-order valence-electron chi connectivity index (χ4n) is 3.64. The number of carbonyl (C=O) groups excluding carboxylic acids is 1. The molecule has 0 saturated carbocycles. The summed E-state index contributed by atoms with van der Waals surface area (Å²) in [5, 5.41) is 3.30. The van der Waals surface area contributed by atoms with Gasteiger partial charge in [-0.2, -0.15) is 0 Å². The summed E-state index contributed by atoms with van der Waals surface area (Å²) in [5.74, 6) is 2.46. The molecule has 1 amide bonds. The number of rotatable bonds is 5. The molecule has 4 rings (SSSR count). The van der Waals surface area contributed by atoms with Crippen LogP contribution in [-0.2, 0) is 4.79 Å². The van der Waals surface area contributed by atoms with Crippen molar-refractivity contribution in [3.63, 3.8) is 0 Å². The Bertz CT molecular complexity index is 1060. The minimum Gasteiger partial charge on any atom is -0.338 e. The summed E-state index contributed by atoms with van der Waals surface area (Å²) < 4.78 is 0. The lowest BCUT2D eigenvalue weighted by Crippen LogP contribution is -2.26. The fraction of sp³-hybridized carbons (Fsp3) is 0.250. The normalized spacial score (nSPS) is 16.2. The highest BCUT2D eigenvalue weighted by atomic mass is 16.2. The van der Waals surface area contributed by atoms with Crippen LogP contribution in [-0.4, -0.2) is 38.8 Å². The summed E-state index contributed by atoms with van der Waals surface area (Å²) in [6, 6.07) is 15.8. The molecule has 1 aromatic carbocycles. The minimum atomic E-state index is 0.0367. The van der Waals surface area contributed by atoms with Crippen molar-refractivity contribution in [2.24, 2.45) is 0 Å². The van der Waals surface area contributed by atoms with Crippen LogP contribution in [0.25, 0.3) is 6.08 Å². The van der Waals surface area contributed by atoms with Gasteiger partial charge in [0.2, 0.25) is 5.91 Å². The minimum absolute atomic E-state index is 0.0367. The Kier molecular flexibility index (Phi) is 5.84. The van der Waals surface area contributed by atoms with Crippen LogP contribution in [0.5, 0.6) is 0 Å². The Morgan fingerprint density at radius 2 is 1.97 bits per heavy atom. The molecule has 3 aromatic rings. The number of benzene rings is 1. The maximum atomic E-state index is 12.6. The molecule has 0 unspecified atom stereocenters. The van der Waals surface area contributed by atoms with E-state index in [1.807, 2.05) is 73.4 Å². The predicted octanol–water partition coefficient (Wildman–Crippen LogP) is 4.26. The zero-order chi connectivity index (χ0) is 20.9. The second kappa shape index (κ2) is 8.86. The van der Waals surface area contributed by atoms with Gasteiger partial charge < -0.3 is 10.2 Å². The fourth-order valence-corrected chi connectivity index (χ4v) is 3.64. The predicted molar refractivity (Wildman–Crippen MR) is 118 cm³/mol. The second-order valence-electron chi connectivity index (χ2n) is 7.53. The van der Waals surface area contributed by atoms with Gasteiger partial charge in [0.1, 0.15) is 17.5 Å². The number of carbonyl (C=O) groups is 1. The molecule has 3 heterocycles. The molecule has 0 bridgehead atoms. The molecule has 1 aliphatic rings. The Morgan fingerprint density at radius 1 is 1.13 bits per heavy atom. The average molecular weight is 399 g/mol. The zero-order valence-electron chi connectivity index (χ0n) is 17.2. The van der Waals surface area contributed by atoms with Gasteiger partial charge in [-0.15, -0.1) is 0 Å². The van der Waals surface area contributed by atoms with E-state index in [9.17, 15) is 4.79 Å². The van der Waals surface area contributed by atoms with Crippen molar-refractivity contribution in [3.8, 4) is 0 Å². The number of nitrogens with zero attached hydrogens (tertiary/aromatic N) is 4. The van der Waals surface area contributed by atoms with Crippen LogP contribution >= 0.6 is 0 Å². The molecule has 6 heteroatoms. The maximum Gasteiger partial charge on any atom is 0.246 e. The molecule has 152 valence electrons. The van der Waals surface area contributed by atoms with Gasteiger partial charge in [0.15, 0.2) is 0 Å². The number of aryl methyl sites for hydroxylation is 2. The van der Waals surface area contributed by atoms with Crippen molar-refractivity contribution >= 4 is 23.6 Å². The van der Waals surface area contributed by atoms with Gasteiger partial charge >= 0.3 is 0 Å². The number of likely N-dealkylation sites (tertiary alicyclic amines) is 1. The van der Waals surface area contributed by atoms with Crippen molar-refractivity contribution in [2.75, 3.05) is 18.4 Å². The number of aromatic nitrogens is 3. The van der Waals surface area contributed by atoms with Crippen molar-refractivity contribution in [2.45, 2.75) is 26.2 Å². The van der Waals surface area contributed by atoms with Gasteiger partial charge in [0.05, 0.1) is 5.69 Å². The molecule has 0 radical (unpaired) electrons. The molecule has 6 nitrogen and oxygen atoms in total. The van der Waals surface area contributed by atoms with Gasteiger partial charge in [0, 0.05) is 37.3 Å². The Hall–Kier alpha value is -3.54. The van der Waals surface area contributed by atoms with Gasteiger partial charge in [-0.1, -0.05) is 36.4 Å². The monoisotopic (exact) mass is 399 g/mol. The number of anilines is 2. The number of pyridine rings is 1. The zero-order valence-corrected chi connectivity index (χ0v) is 17.2. The molecule has 1 saturated heterocycles. The summed E-state index contributed by atoms with van der Waals surface area (Å²) in [5.41, 5.74) is 3.03. The van der Waals surface area contributed by atoms with Crippen molar-refractivity contribution in [1.29, 1.82) is 0 Å². The SMILES string of the molecule is Cc1nc(Nc2ncccc2C)cc([C@@H]2CCN(C(=O)/C=C/c3ccccc3)C2)n1. The molecule has 1 atom stereocenters. The summed E-state index contributed by atoms with van der Waals surface area (Å²) in [6.07, 6.45) is 6.17. The third-order valence-electron chi connectivity index (χ3n) is 5.25. The van der Waals surface area contributed by atoms with E-state index in [4.69, 9.17) is 0 Å². The van der Waals surface area contributed by atoms with Crippen LogP contribution in [0.3, 0.4) is 0 Å². The van der Waals surface area contributed by atoms with Crippen LogP contribution in [0.4, 0.5) is 11.6 Å². The molecular formula is C24H25N5O. The number of hydrogen-bond acceptors (Lipinski definition) is 5. The molecule has 1 N–H and O–H groups in total. The van der Waals surface area contributed by atoms with E-state index in [2.05, 4.69) is 20.3 Å². The van der Waals surface area contributed by atoms with Crippen molar-refractivity contribution in [3.05, 3.63) is 83.4 Å². The summed E-state index contributed by atoms with van der Waals surface area (Å²) in [7, 11) is 0. The van der Waals surface area contributed by atoms with E-state index < -0.39 is 0 Å². The van der Waals surface area contributed by atoms with E-state index in [0.29, 0.717) is 12.4 Å². The number of amides is 1. The molecule has 30 heavy (non-hydrogen) atoms. The molecule has 0 aliphatic carbocycles. The lowest BCUT2D eigenvalue weighted by atomic mass is 10.0. The Balaban J connectivity index is 1.45. The quantitative estimate of drug-likeness (QED) is 0.649. The first-order valence-electron chi connectivity index (χ1n) is 10.1. The molecule has 1 fully saturated rings. The van der Waals surface area contributed by atoms with Crippen LogP contribution < -0.4 is 5.32 Å². The largest absolute Gasteiger partial charge is 0.338 e. The third kappa shape index (κ3) is 4.71. The maximum absolute atomic E-state index is 12.6. The number of hydrogen-bond donors (Lipinski definition) is 1. The second-order valence-corrected chi connectivity index (χ2v) is 7.53. The van der Waals surface area contributed by atoms with Gasteiger partial charge in [-0.05, 0) is 43.5 Å². The van der Waals surface area contributed by atoms with Crippen molar-refractivity contribution in [1.82, 2.24) is 19.9 Å². The highest BCUT2D eigenvalue weighted by Gasteiger charge is 2.27. The third-order valence-corrected chi connectivity index (χ3v) is 5.25. The summed E-state index contributed by atoms with van der Waals surface area (Å²) >= 11 is 0. The first kappa shape index (κ1) is 19.8. The smallest absolute Gasteiger partial charge is 0.246 e. The lowest BCUT2D eigenvalue weighted by molar-refractivity contribution is -0.124. The van der Waals surface area contributed by atoms with E-state index in [-0.39, 0.29) is 11.8 Å². The van der Waals surface area contributed by atoms with Gasteiger partial charge in [0.25, 0.3) is 0 Å². The standard InChI is InChI=1S/C24H25N5O/c1-17-7-6-13-25-24(17)28-22-15-21(26-18(2)27-22)20-12-14-29(16-20)23(30)11-10-19-8-4-3-5-9-19/h3-11,13,15,20H,12,14,16H2,1-2H3,(H,25,26,27,28)/b11-10+/t20-/m1/s1. The van der Waals surface area contributed by atoms with Gasteiger partial charge in [-0.3, -0.25) is 4.79 Å². The van der Waals surface area contributed by atoms with E-state index in [1.54, 1.807) is 12.3 Å². The number of nitrogens with one attached hydrogen (secondary N) is 1. The molecule has 2 aromatic heterocycles. The van der Waals surface area contributed by atoms with E-state index in [1.165, 1.54) is 0 Å². The lowest BCUT2D eigenvalue weighted by Gasteiger charge is -2.15. The summed E-state index contributed by atoms with van der Waals surface area (Å²) in [4.78, 5) is 28.0. The van der Waals surface area contributed by atoms with Crippen LogP contribution in [0.1, 0.15) is 35.0 Å². The van der Waals surface area contributed by atoms with Crippen LogP contribution in [0, 0.1) is 13.8 Å². The van der Waals surface area contributed by atoms with Crippen LogP contribution in [0.15, 0.2) is 60.8 Å². The van der Waals surface area contributed by atoms with E-state index in [0.717, 1.165) is 41.4 Å². The van der Waals surface area contributed by atoms with Gasteiger partial charge in [-0.25, -0.2) is 15.0 Å². The Morgan fingerprint density at radius 3 is 2.77 bits per heavy atom. The molecule has 0 spiro atoms. The summed E-state index contributed by atoms with van der Waals surface area (Å²) in [6.45, 7) is 5.29. The highest BCUT2D eigenvalue weighted by Crippen LogP contribution is 2.28.